The summed E-state index contributed by atoms with van der Waals surface area (Å²) in [6, 6.07) is 3.85. The van der Waals surface area contributed by atoms with Crippen molar-refractivity contribution in [1.29, 1.82) is 0 Å². The first-order valence-corrected chi connectivity index (χ1v) is 9.39. The van der Waals surface area contributed by atoms with Gasteiger partial charge in [0.1, 0.15) is 5.76 Å². The first-order chi connectivity index (χ1) is 10.2. The van der Waals surface area contributed by atoms with Crippen LogP contribution in [0.2, 0.25) is 0 Å². The van der Waals surface area contributed by atoms with E-state index in [1.807, 2.05) is 12.1 Å². The second-order valence-corrected chi connectivity index (χ2v) is 8.28. The van der Waals surface area contributed by atoms with Crippen molar-refractivity contribution in [3.8, 4) is 0 Å². The molecule has 6 heteroatoms. The van der Waals surface area contributed by atoms with E-state index < -0.39 is 10.2 Å². The van der Waals surface area contributed by atoms with E-state index in [0.717, 1.165) is 31.4 Å². The Morgan fingerprint density at radius 2 is 1.81 bits per heavy atom. The van der Waals surface area contributed by atoms with Crippen LogP contribution in [0.15, 0.2) is 22.8 Å². The molecule has 2 aliphatic heterocycles. The molecule has 0 unspecified atom stereocenters. The summed E-state index contributed by atoms with van der Waals surface area (Å²) in [4.78, 5) is 0. The third kappa shape index (κ3) is 2.33. The molecule has 4 rings (SSSR count). The predicted molar refractivity (Wildman–Crippen MR) is 78.8 cm³/mol. The van der Waals surface area contributed by atoms with Crippen LogP contribution in [-0.2, 0) is 10.2 Å². The van der Waals surface area contributed by atoms with E-state index in [1.165, 1.54) is 12.8 Å². The maximum absolute atomic E-state index is 13.1. The van der Waals surface area contributed by atoms with Crippen molar-refractivity contribution < 1.29 is 12.8 Å². The van der Waals surface area contributed by atoms with E-state index in [-0.39, 0.29) is 12.1 Å². The molecule has 0 aromatic carbocycles. The molecule has 2 saturated heterocycles. The lowest BCUT2D eigenvalue weighted by Gasteiger charge is -2.31. The van der Waals surface area contributed by atoms with Crippen molar-refractivity contribution in [2.24, 2.45) is 5.92 Å². The van der Waals surface area contributed by atoms with Crippen molar-refractivity contribution in [2.75, 3.05) is 13.1 Å². The van der Waals surface area contributed by atoms with E-state index in [0.29, 0.717) is 19.0 Å². The molecule has 21 heavy (non-hydrogen) atoms. The van der Waals surface area contributed by atoms with Gasteiger partial charge in [0, 0.05) is 19.1 Å². The van der Waals surface area contributed by atoms with Crippen LogP contribution in [0.1, 0.15) is 50.3 Å². The van der Waals surface area contributed by atoms with Crippen LogP contribution in [0, 0.1) is 5.92 Å². The summed E-state index contributed by atoms with van der Waals surface area (Å²) in [5.41, 5.74) is 0. The molecule has 3 fully saturated rings. The zero-order chi connectivity index (χ0) is 14.4. The van der Waals surface area contributed by atoms with Gasteiger partial charge >= 0.3 is 0 Å². The molecule has 0 N–H and O–H groups in total. The fourth-order valence-electron chi connectivity index (χ4n) is 3.92. The first-order valence-electron chi connectivity index (χ1n) is 8.00. The number of hydrogen-bond donors (Lipinski definition) is 0. The van der Waals surface area contributed by atoms with Gasteiger partial charge in [-0.05, 0) is 56.6 Å². The van der Waals surface area contributed by atoms with E-state index in [4.69, 9.17) is 4.42 Å². The normalized spacial score (nSPS) is 32.0. The molecule has 3 heterocycles. The molecule has 0 amide bonds. The Morgan fingerprint density at radius 3 is 2.52 bits per heavy atom. The van der Waals surface area contributed by atoms with Gasteiger partial charge in [-0.2, -0.15) is 17.0 Å². The topological polar surface area (TPSA) is 53.8 Å². The minimum Gasteiger partial charge on any atom is -0.468 e. The summed E-state index contributed by atoms with van der Waals surface area (Å²) in [5, 5.41) is 0. The van der Waals surface area contributed by atoms with Crippen LogP contribution in [0.5, 0.6) is 0 Å². The van der Waals surface area contributed by atoms with Crippen LogP contribution in [0.25, 0.3) is 0 Å². The SMILES string of the molecule is O=S(=O)(N1CCC[C@@H]1C1CC1)N1CCC[C@H]1c1ccco1. The van der Waals surface area contributed by atoms with Crippen LogP contribution >= 0.6 is 0 Å². The summed E-state index contributed by atoms with van der Waals surface area (Å²) in [5.74, 6) is 1.38. The molecule has 1 saturated carbocycles. The van der Waals surface area contributed by atoms with Crippen molar-refractivity contribution in [2.45, 2.75) is 50.6 Å². The zero-order valence-electron chi connectivity index (χ0n) is 12.1. The molecular formula is C15H22N2O3S. The first kappa shape index (κ1) is 13.8. The number of furan rings is 1. The minimum absolute atomic E-state index is 0.120. The van der Waals surface area contributed by atoms with Crippen LogP contribution in [0.4, 0.5) is 0 Å². The van der Waals surface area contributed by atoms with Gasteiger partial charge in [-0.3, -0.25) is 0 Å². The Bertz CT molecular complexity index is 594. The van der Waals surface area contributed by atoms with Crippen molar-refractivity contribution in [3.63, 3.8) is 0 Å². The molecular weight excluding hydrogens is 288 g/mol. The smallest absolute Gasteiger partial charge is 0.282 e. The Morgan fingerprint density at radius 1 is 1.05 bits per heavy atom. The highest BCUT2D eigenvalue weighted by molar-refractivity contribution is 7.86. The van der Waals surface area contributed by atoms with Crippen LogP contribution < -0.4 is 0 Å². The van der Waals surface area contributed by atoms with E-state index in [2.05, 4.69) is 0 Å². The summed E-state index contributed by atoms with van der Waals surface area (Å²) in [6.45, 7) is 1.30. The average Bonchev–Trinajstić information content (AvgIpc) is 2.98. The second kappa shape index (κ2) is 5.11. The molecule has 0 bridgehead atoms. The molecule has 3 aliphatic rings. The summed E-state index contributed by atoms with van der Waals surface area (Å²) in [6.07, 6.45) is 7.81. The monoisotopic (exact) mass is 310 g/mol. The predicted octanol–water partition coefficient (Wildman–Crippen LogP) is 2.54. The van der Waals surface area contributed by atoms with Gasteiger partial charge < -0.3 is 4.42 Å². The van der Waals surface area contributed by atoms with E-state index in [1.54, 1.807) is 14.9 Å². The summed E-state index contributed by atoms with van der Waals surface area (Å²) < 4.78 is 35.1. The van der Waals surface area contributed by atoms with Crippen LogP contribution in [0.3, 0.4) is 0 Å². The van der Waals surface area contributed by atoms with E-state index >= 15 is 0 Å². The van der Waals surface area contributed by atoms with Gasteiger partial charge in [-0.15, -0.1) is 0 Å². The van der Waals surface area contributed by atoms with Crippen molar-refractivity contribution >= 4 is 10.2 Å². The number of nitrogens with zero attached hydrogens (tertiary/aromatic N) is 2. The lowest BCUT2D eigenvalue weighted by Crippen LogP contribution is -2.46. The second-order valence-electron chi connectivity index (χ2n) is 6.45. The Hall–Kier alpha value is -0.850. The molecule has 0 spiro atoms. The largest absolute Gasteiger partial charge is 0.468 e. The maximum Gasteiger partial charge on any atom is 0.282 e. The van der Waals surface area contributed by atoms with Gasteiger partial charge in [0.15, 0.2) is 0 Å². The Balaban J connectivity index is 1.61. The highest BCUT2D eigenvalue weighted by atomic mass is 32.2. The van der Waals surface area contributed by atoms with E-state index in [9.17, 15) is 8.42 Å². The fourth-order valence-corrected chi connectivity index (χ4v) is 6.06. The molecule has 1 aromatic rings. The zero-order valence-corrected chi connectivity index (χ0v) is 13.0. The van der Waals surface area contributed by atoms with Gasteiger partial charge in [0.25, 0.3) is 10.2 Å². The van der Waals surface area contributed by atoms with Crippen LogP contribution in [-0.4, -0.2) is 36.2 Å². The molecule has 5 nitrogen and oxygen atoms in total. The van der Waals surface area contributed by atoms with Gasteiger partial charge in [-0.1, -0.05) is 0 Å². The molecule has 116 valence electrons. The van der Waals surface area contributed by atoms with Gasteiger partial charge in [0.05, 0.1) is 12.3 Å². The van der Waals surface area contributed by atoms with Crippen molar-refractivity contribution in [1.82, 2.24) is 8.61 Å². The Labute approximate surface area is 126 Å². The highest BCUT2D eigenvalue weighted by Gasteiger charge is 2.47. The maximum atomic E-state index is 13.1. The van der Waals surface area contributed by atoms with Crippen molar-refractivity contribution in [3.05, 3.63) is 24.2 Å². The molecule has 0 radical (unpaired) electrons. The lowest BCUT2D eigenvalue weighted by atomic mass is 10.1. The highest BCUT2D eigenvalue weighted by Crippen LogP contribution is 2.43. The lowest BCUT2D eigenvalue weighted by molar-refractivity contribution is 0.284. The quantitative estimate of drug-likeness (QED) is 0.859. The third-order valence-corrected chi connectivity index (χ3v) is 7.16. The third-order valence-electron chi connectivity index (χ3n) is 5.08. The molecule has 2 atom stereocenters. The standard InChI is InChI=1S/C15H22N2O3S/c18-21(19,16-9-1-4-13(16)12-7-8-12)17-10-2-5-14(17)15-6-3-11-20-15/h3,6,11-14H,1-2,4-5,7-10H2/t13-,14+/m1/s1. The summed E-state index contributed by atoms with van der Waals surface area (Å²) in [7, 11) is -3.36. The fraction of sp³-hybridized carbons (Fsp3) is 0.733. The number of hydrogen-bond acceptors (Lipinski definition) is 3. The van der Waals surface area contributed by atoms with Gasteiger partial charge in [0.2, 0.25) is 0 Å². The summed E-state index contributed by atoms with van der Waals surface area (Å²) >= 11 is 0. The minimum atomic E-state index is -3.36. The molecule has 1 aromatic heterocycles. The van der Waals surface area contributed by atoms with Gasteiger partial charge in [-0.25, -0.2) is 0 Å². The average molecular weight is 310 g/mol. The Kier molecular flexibility index (Phi) is 3.35. The number of rotatable bonds is 4. The molecule has 1 aliphatic carbocycles.